The number of benzene rings is 2. The van der Waals surface area contributed by atoms with Gasteiger partial charge in [0.25, 0.3) is 5.79 Å². The molecule has 2 bridgehead atoms. The van der Waals surface area contributed by atoms with Gasteiger partial charge in [0.15, 0.2) is 5.79 Å². The fourth-order valence-electron chi connectivity index (χ4n) is 5.39. The maximum atomic E-state index is 12.6. The summed E-state index contributed by atoms with van der Waals surface area (Å²) in [5, 5.41) is 23.5. The molecule has 6 nitrogen and oxygen atoms in total. The van der Waals surface area contributed by atoms with Crippen molar-refractivity contribution in [2.45, 2.75) is 43.0 Å². The molecular weight excluding hydrogens is 336 g/mol. The van der Waals surface area contributed by atoms with E-state index in [4.69, 9.17) is 14.2 Å². The molecular formula is C20H18O6. The second kappa shape index (κ2) is 4.57. The van der Waals surface area contributed by atoms with Crippen molar-refractivity contribution in [1.82, 2.24) is 0 Å². The van der Waals surface area contributed by atoms with Crippen LogP contribution in [0.15, 0.2) is 36.4 Å². The SMILES string of the molecule is O=C1CC2OC3(O)CCC(O)C1C3C21Oc2cccc3cccc(c23)O1. The predicted octanol–water partition coefficient (Wildman–Crippen LogP) is 1.75. The summed E-state index contributed by atoms with van der Waals surface area (Å²) in [4.78, 5) is 12.6. The Kier molecular flexibility index (Phi) is 2.63. The first-order valence-corrected chi connectivity index (χ1v) is 9.03. The van der Waals surface area contributed by atoms with Gasteiger partial charge >= 0.3 is 0 Å². The van der Waals surface area contributed by atoms with E-state index in [2.05, 4.69) is 0 Å². The van der Waals surface area contributed by atoms with Crippen LogP contribution in [0.25, 0.3) is 10.8 Å². The molecule has 6 rings (SSSR count). The molecule has 0 radical (unpaired) electrons. The Balaban J connectivity index is 1.57. The van der Waals surface area contributed by atoms with Crippen LogP contribution in [0.1, 0.15) is 19.3 Å². The number of aliphatic hydroxyl groups is 2. The topological polar surface area (TPSA) is 85.2 Å². The lowest BCUT2D eigenvalue weighted by atomic mass is 9.64. The second-order valence-electron chi connectivity index (χ2n) is 7.77. The molecule has 0 aromatic heterocycles. The van der Waals surface area contributed by atoms with Crippen molar-refractivity contribution in [2.24, 2.45) is 11.8 Å². The van der Waals surface area contributed by atoms with E-state index in [0.717, 1.165) is 10.8 Å². The van der Waals surface area contributed by atoms with Gasteiger partial charge in [0.05, 0.1) is 17.4 Å². The molecule has 2 saturated carbocycles. The van der Waals surface area contributed by atoms with Gasteiger partial charge in [0.1, 0.15) is 29.3 Å². The highest BCUT2D eigenvalue weighted by Gasteiger charge is 2.76. The molecule has 2 heterocycles. The first-order chi connectivity index (χ1) is 12.5. The Morgan fingerprint density at radius 2 is 1.77 bits per heavy atom. The van der Waals surface area contributed by atoms with E-state index in [1.54, 1.807) is 0 Å². The van der Waals surface area contributed by atoms with Crippen molar-refractivity contribution in [3.05, 3.63) is 36.4 Å². The van der Waals surface area contributed by atoms with E-state index in [1.165, 1.54) is 0 Å². The largest absolute Gasteiger partial charge is 0.448 e. The van der Waals surface area contributed by atoms with Gasteiger partial charge in [-0.25, -0.2) is 0 Å². The van der Waals surface area contributed by atoms with Gasteiger partial charge in [-0.05, 0) is 23.9 Å². The summed E-state index contributed by atoms with van der Waals surface area (Å²) >= 11 is 0. The molecule has 2 aromatic rings. The lowest BCUT2D eigenvalue weighted by Gasteiger charge is -2.50. The summed E-state index contributed by atoms with van der Waals surface area (Å²) < 4.78 is 18.6. The number of hydrogen-bond acceptors (Lipinski definition) is 6. The first-order valence-electron chi connectivity index (χ1n) is 9.03. The lowest BCUT2D eigenvalue weighted by molar-refractivity contribution is -0.247. The summed E-state index contributed by atoms with van der Waals surface area (Å²) in [5.74, 6) is -3.16. The number of ether oxygens (including phenoxy) is 3. The number of rotatable bonds is 0. The Morgan fingerprint density at radius 3 is 2.46 bits per heavy atom. The number of ketones is 1. The van der Waals surface area contributed by atoms with Crippen LogP contribution in [0.3, 0.4) is 0 Å². The fraction of sp³-hybridized carbons (Fsp3) is 0.450. The van der Waals surface area contributed by atoms with Crippen LogP contribution in [-0.2, 0) is 9.53 Å². The zero-order valence-corrected chi connectivity index (χ0v) is 13.9. The maximum absolute atomic E-state index is 12.6. The summed E-state index contributed by atoms with van der Waals surface area (Å²) in [6.07, 6.45) is -0.918. The van der Waals surface area contributed by atoms with Gasteiger partial charge in [-0.3, -0.25) is 4.79 Å². The van der Waals surface area contributed by atoms with Crippen LogP contribution in [0.4, 0.5) is 0 Å². The van der Waals surface area contributed by atoms with E-state index in [0.29, 0.717) is 17.9 Å². The molecule has 1 saturated heterocycles. The molecule has 3 fully saturated rings. The molecule has 134 valence electrons. The molecule has 2 aromatic carbocycles. The van der Waals surface area contributed by atoms with Gasteiger partial charge < -0.3 is 24.4 Å². The highest BCUT2D eigenvalue weighted by Crippen LogP contribution is 2.60. The van der Waals surface area contributed by atoms with Gasteiger partial charge in [0.2, 0.25) is 0 Å². The molecule has 5 unspecified atom stereocenters. The van der Waals surface area contributed by atoms with Crippen LogP contribution < -0.4 is 9.47 Å². The van der Waals surface area contributed by atoms with Crippen molar-refractivity contribution < 1.29 is 29.2 Å². The van der Waals surface area contributed by atoms with Crippen LogP contribution in [-0.4, -0.2) is 39.8 Å². The molecule has 2 aliphatic carbocycles. The Morgan fingerprint density at radius 1 is 1.08 bits per heavy atom. The average Bonchev–Trinajstić information content (AvgIpc) is 2.78. The molecule has 0 amide bonds. The zero-order valence-electron chi connectivity index (χ0n) is 13.9. The van der Waals surface area contributed by atoms with E-state index < -0.39 is 35.6 Å². The molecule has 2 N–H and O–H groups in total. The van der Waals surface area contributed by atoms with Crippen molar-refractivity contribution in [3.8, 4) is 11.5 Å². The first kappa shape index (κ1) is 15.0. The smallest absolute Gasteiger partial charge is 0.286 e. The highest BCUT2D eigenvalue weighted by atomic mass is 16.8. The van der Waals surface area contributed by atoms with Crippen LogP contribution in [0.2, 0.25) is 0 Å². The molecule has 5 atom stereocenters. The van der Waals surface area contributed by atoms with E-state index >= 15 is 0 Å². The fourth-order valence-corrected chi connectivity index (χ4v) is 5.39. The Labute approximate surface area is 149 Å². The quantitative estimate of drug-likeness (QED) is 0.750. The standard InChI is InChI=1S/C20H18O6/c21-11-7-8-19(23)18-17(11)12(22)9-15(26-19)20(18)24-13-5-1-3-10-4-2-6-14(25-20)16(10)13/h1-6,11,15,17-18,21,23H,7-9H2. The number of carbonyl (C=O) groups is 1. The van der Waals surface area contributed by atoms with E-state index in [9.17, 15) is 15.0 Å². The summed E-state index contributed by atoms with van der Waals surface area (Å²) in [7, 11) is 0. The van der Waals surface area contributed by atoms with Gasteiger partial charge in [-0.15, -0.1) is 0 Å². The van der Waals surface area contributed by atoms with Gasteiger partial charge in [0, 0.05) is 12.8 Å². The van der Waals surface area contributed by atoms with Crippen LogP contribution in [0, 0.1) is 11.8 Å². The molecule has 6 heteroatoms. The molecule has 1 spiro atoms. The monoisotopic (exact) mass is 354 g/mol. The van der Waals surface area contributed by atoms with Crippen molar-refractivity contribution in [1.29, 1.82) is 0 Å². The minimum absolute atomic E-state index is 0.0542. The minimum Gasteiger partial charge on any atom is -0.448 e. The Hall–Kier alpha value is -2.15. The normalized spacial score (nSPS) is 38.9. The predicted molar refractivity (Wildman–Crippen MR) is 89.6 cm³/mol. The minimum atomic E-state index is -1.53. The molecule has 4 aliphatic rings. The second-order valence-corrected chi connectivity index (χ2v) is 7.77. The van der Waals surface area contributed by atoms with Crippen molar-refractivity contribution in [3.63, 3.8) is 0 Å². The van der Waals surface area contributed by atoms with Crippen molar-refractivity contribution >= 4 is 16.6 Å². The molecule has 2 aliphatic heterocycles. The van der Waals surface area contributed by atoms with E-state index in [1.807, 2.05) is 36.4 Å². The van der Waals surface area contributed by atoms with Crippen molar-refractivity contribution in [2.75, 3.05) is 0 Å². The average molecular weight is 354 g/mol. The third kappa shape index (κ3) is 1.61. The third-order valence-corrected chi connectivity index (χ3v) is 6.41. The Bertz CT molecular complexity index is 914. The highest BCUT2D eigenvalue weighted by molar-refractivity contribution is 5.94. The summed E-state index contributed by atoms with van der Waals surface area (Å²) in [6.45, 7) is 0. The van der Waals surface area contributed by atoms with Crippen LogP contribution in [0.5, 0.6) is 11.5 Å². The number of carbonyl (C=O) groups excluding carboxylic acids is 1. The zero-order chi connectivity index (χ0) is 17.7. The lowest BCUT2D eigenvalue weighted by Crippen LogP contribution is -2.67. The van der Waals surface area contributed by atoms with Crippen LogP contribution >= 0.6 is 0 Å². The summed E-state index contributed by atoms with van der Waals surface area (Å²) in [5.41, 5.74) is 0. The maximum Gasteiger partial charge on any atom is 0.286 e. The summed E-state index contributed by atoms with van der Waals surface area (Å²) in [6, 6.07) is 11.5. The van der Waals surface area contributed by atoms with Gasteiger partial charge in [-0.1, -0.05) is 24.3 Å². The van der Waals surface area contributed by atoms with E-state index in [-0.39, 0.29) is 18.6 Å². The van der Waals surface area contributed by atoms with Gasteiger partial charge in [-0.2, -0.15) is 0 Å². The third-order valence-electron chi connectivity index (χ3n) is 6.41. The molecule has 26 heavy (non-hydrogen) atoms. The number of hydrogen-bond donors (Lipinski definition) is 2. The number of Topliss-reactive ketones (excluding diaryl/α,β-unsaturated/α-hetero) is 1. The number of aliphatic hydroxyl groups excluding tert-OH is 1.